The third-order valence-electron chi connectivity index (χ3n) is 5.75. The molecule has 2 aromatic carbocycles. The number of H-pyrrole nitrogens is 1. The molecule has 2 heterocycles. The quantitative estimate of drug-likeness (QED) is 0.520. The summed E-state index contributed by atoms with van der Waals surface area (Å²) in [4.78, 5) is 19.3. The molecule has 1 fully saturated rings. The number of hydrogen-bond acceptors (Lipinski definition) is 2. The number of alkyl halides is 5. The van der Waals surface area contributed by atoms with E-state index in [0.717, 1.165) is 24.3 Å². The van der Waals surface area contributed by atoms with Gasteiger partial charge in [-0.1, -0.05) is 6.07 Å². The zero-order chi connectivity index (χ0) is 24.0. The number of piperazine rings is 1. The maximum atomic E-state index is 14.0. The SMILES string of the molecule is CC(F)(F)c1ccc(CN2CCN(C(=O)c3cc4cc(C(F)(F)F)ccc4[nH]3)CC2)cc1F. The van der Waals surface area contributed by atoms with Crippen LogP contribution in [0.25, 0.3) is 10.9 Å². The van der Waals surface area contributed by atoms with Gasteiger partial charge in [-0.25, -0.2) is 13.2 Å². The molecule has 0 radical (unpaired) electrons. The molecule has 0 bridgehead atoms. The minimum absolute atomic E-state index is 0.205. The van der Waals surface area contributed by atoms with Crippen molar-refractivity contribution in [2.24, 2.45) is 0 Å². The van der Waals surface area contributed by atoms with E-state index in [1.807, 2.05) is 4.90 Å². The van der Waals surface area contributed by atoms with Crippen molar-refractivity contribution in [3.05, 3.63) is 70.7 Å². The summed E-state index contributed by atoms with van der Waals surface area (Å²) in [5.41, 5.74) is -0.239. The second-order valence-corrected chi connectivity index (χ2v) is 8.25. The molecule has 4 rings (SSSR count). The minimum atomic E-state index is -4.47. The van der Waals surface area contributed by atoms with Crippen LogP contribution in [0.15, 0.2) is 42.5 Å². The first-order chi connectivity index (χ1) is 15.4. The highest BCUT2D eigenvalue weighted by atomic mass is 19.4. The Bertz CT molecular complexity index is 1170. The number of nitrogens with one attached hydrogen (secondary N) is 1. The highest BCUT2D eigenvalue weighted by Crippen LogP contribution is 2.32. The molecule has 1 aliphatic rings. The van der Waals surface area contributed by atoms with Crippen molar-refractivity contribution in [1.29, 1.82) is 0 Å². The van der Waals surface area contributed by atoms with Crippen molar-refractivity contribution >= 4 is 16.8 Å². The van der Waals surface area contributed by atoms with Gasteiger partial charge in [0.25, 0.3) is 11.8 Å². The van der Waals surface area contributed by atoms with Crippen molar-refractivity contribution in [2.45, 2.75) is 25.6 Å². The Balaban J connectivity index is 1.39. The Morgan fingerprint density at radius 2 is 1.67 bits per heavy atom. The highest BCUT2D eigenvalue weighted by molar-refractivity contribution is 5.98. The molecule has 0 atom stereocenters. The van der Waals surface area contributed by atoms with Gasteiger partial charge in [-0.15, -0.1) is 0 Å². The Hall–Kier alpha value is -3.01. The van der Waals surface area contributed by atoms with E-state index in [2.05, 4.69) is 4.98 Å². The van der Waals surface area contributed by atoms with E-state index in [-0.39, 0.29) is 11.6 Å². The number of halogens is 6. The fourth-order valence-electron chi connectivity index (χ4n) is 3.97. The molecule has 33 heavy (non-hydrogen) atoms. The van der Waals surface area contributed by atoms with Gasteiger partial charge in [-0.3, -0.25) is 9.69 Å². The summed E-state index contributed by atoms with van der Waals surface area (Å²) in [6.07, 6.45) is -4.47. The number of amides is 1. The van der Waals surface area contributed by atoms with Crippen molar-refractivity contribution in [1.82, 2.24) is 14.8 Å². The maximum Gasteiger partial charge on any atom is 0.416 e. The number of aromatic nitrogens is 1. The first-order valence-corrected chi connectivity index (χ1v) is 10.3. The summed E-state index contributed by atoms with van der Waals surface area (Å²) >= 11 is 0. The minimum Gasteiger partial charge on any atom is -0.351 e. The van der Waals surface area contributed by atoms with Gasteiger partial charge >= 0.3 is 6.18 Å². The largest absolute Gasteiger partial charge is 0.416 e. The van der Waals surface area contributed by atoms with E-state index in [0.29, 0.717) is 56.1 Å². The molecular formula is C23H21F6N3O. The van der Waals surface area contributed by atoms with E-state index >= 15 is 0 Å². The molecule has 3 aromatic rings. The molecule has 0 aliphatic carbocycles. The van der Waals surface area contributed by atoms with Gasteiger partial charge in [-0.05, 0) is 42.0 Å². The Kier molecular flexibility index (Phi) is 5.90. The van der Waals surface area contributed by atoms with Crippen LogP contribution in [-0.2, 0) is 18.6 Å². The number of rotatable bonds is 4. The summed E-state index contributed by atoms with van der Waals surface area (Å²) < 4.78 is 79.5. The number of hydrogen-bond donors (Lipinski definition) is 1. The molecule has 1 N–H and O–H groups in total. The van der Waals surface area contributed by atoms with Gasteiger partial charge in [0.05, 0.1) is 11.1 Å². The van der Waals surface area contributed by atoms with Crippen LogP contribution in [-0.4, -0.2) is 46.9 Å². The van der Waals surface area contributed by atoms with Gasteiger partial charge in [0, 0.05) is 50.6 Å². The van der Waals surface area contributed by atoms with Crippen LogP contribution in [0, 0.1) is 5.82 Å². The van der Waals surface area contributed by atoms with Crippen LogP contribution in [0.3, 0.4) is 0 Å². The molecule has 176 valence electrons. The van der Waals surface area contributed by atoms with Gasteiger partial charge < -0.3 is 9.88 Å². The van der Waals surface area contributed by atoms with E-state index in [1.165, 1.54) is 18.2 Å². The Labute approximate surface area is 185 Å². The van der Waals surface area contributed by atoms with Gasteiger partial charge in [0.15, 0.2) is 0 Å². The topological polar surface area (TPSA) is 39.3 Å². The van der Waals surface area contributed by atoms with Crippen molar-refractivity contribution in [3.8, 4) is 0 Å². The number of aromatic amines is 1. The summed E-state index contributed by atoms with van der Waals surface area (Å²) in [6.45, 7) is 2.70. The summed E-state index contributed by atoms with van der Waals surface area (Å²) in [5.74, 6) is -4.53. The predicted octanol–water partition coefficient (Wildman–Crippen LogP) is 5.40. The average Bonchev–Trinajstić information content (AvgIpc) is 3.16. The van der Waals surface area contributed by atoms with E-state index in [1.54, 1.807) is 4.90 Å². The number of fused-ring (bicyclic) bond motifs is 1. The van der Waals surface area contributed by atoms with Gasteiger partial charge in [-0.2, -0.15) is 13.2 Å². The van der Waals surface area contributed by atoms with Crippen LogP contribution in [0.4, 0.5) is 26.3 Å². The summed E-state index contributed by atoms with van der Waals surface area (Å²) in [5, 5.41) is 0.301. The Morgan fingerprint density at radius 3 is 2.27 bits per heavy atom. The first kappa shape index (κ1) is 23.2. The van der Waals surface area contributed by atoms with Crippen LogP contribution >= 0.6 is 0 Å². The molecule has 1 saturated heterocycles. The standard InChI is InChI=1S/C23H21F6N3O/c1-22(25,26)17-4-2-14(10-18(17)24)13-31-6-8-32(9-7-31)21(33)20-12-15-11-16(23(27,28)29)3-5-19(15)30-20/h2-5,10-12,30H,6-9,13H2,1H3. The normalized spacial score (nSPS) is 15.9. The third kappa shape index (κ3) is 5.00. The molecule has 1 aromatic heterocycles. The molecule has 1 aliphatic heterocycles. The maximum absolute atomic E-state index is 14.0. The van der Waals surface area contributed by atoms with Crippen molar-refractivity contribution in [2.75, 3.05) is 26.2 Å². The predicted molar refractivity (Wildman–Crippen MR) is 110 cm³/mol. The second-order valence-electron chi connectivity index (χ2n) is 8.25. The first-order valence-electron chi connectivity index (χ1n) is 10.3. The number of benzene rings is 2. The van der Waals surface area contributed by atoms with E-state index in [4.69, 9.17) is 0 Å². The van der Waals surface area contributed by atoms with Crippen LogP contribution < -0.4 is 0 Å². The lowest BCUT2D eigenvalue weighted by Crippen LogP contribution is -2.48. The van der Waals surface area contributed by atoms with Gasteiger partial charge in [0.2, 0.25) is 0 Å². The lowest BCUT2D eigenvalue weighted by atomic mass is 10.1. The molecule has 0 saturated carbocycles. The average molecular weight is 469 g/mol. The van der Waals surface area contributed by atoms with Crippen LogP contribution in [0.5, 0.6) is 0 Å². The fourth-order valence-corrected chi connectivity index (χ4v) is 3.97. The number of nitrogens with zero attached hydrogens (tertiary/aromatic N) is 2. The fraction of sp³-hybridized carbons (Fsp3) is 0.348. The second kappa shape index (κ2) is 8.40. The number of carbonyl (C=O) groups excluding carboxylic acids is 1. The molecular weight excluding hydrogens is 448 g/mol. The summed E-state index contributed by atoms with van der Waals surface area (Å²) in [6, 6.07) is 8.32. The van der Waals surface area contributed by atoms with E-state index < -0.39 is 29.0 Å². The Morgan fingerprint density at radius 1 is 0.970 bits per heavy atom. The van der Waals surface area contributed by atoms with Crippen LogP contribution in [0.1, 0.15) is 34.1 Å². The smallest absolute Gasteiger partial charge is 0.351 e. The van der Waals surface area contributed by atoms with Crippen molar-refractivity contribution in [3.63, 3.8) is 0 Å². The molecule has 4 nitrogen and oxygen atoms in total. The monoisotopic (exact) mass is 469 g/mol. The van der Waals surface area contributed by atoms with Crippen molar-refractivity contribution < 1.29 is 31.1 Å². The third-order valence-corrected chi connectivity index (χ3v) is 5.75. The zero-order valence-corrected chi connectivity index (χ0v) is 17.6. The number of carbonyl (C=O) groups is 1. The molecule has 1 amide bonds. The van der Waals surface area contributed by atoms with E-state index in [9.17, 15) is 31.1 Å². The lowest BCUT2D eigenvalue weighted by Gasteiger charge is -2.34. The molecule has 0 unspecified atom stereocenters. The lowest BCUT2D eigenvalue weighted by molar-refractivity contribution is -0.137. The highest BCUT2D eigenvalue weighted by Gasteiger charge is 2.31. The van der Waals surface area contributed by atoms with Gasteiger partial charge in [0.1, 0.15) is 11.5 Å². The molecule has 10 heteroatoms. The van der Waals surface area contributed by atoms with Crippen LogP contribution in [0.2, 0.25) is 0 Å². The zero-order valence-electron chi connectivity index (χ0n) is 17.6. The molecule has 0 spiro atoms. The summed E-state index contributed by atoms with van der Waals surface area (Å²) in [7, 11) is 0.